The minimum absolute atomic E-state index is 0.495. The average Bonchev–Trinajstić information content (AvgIpc) is 3.11. The van der Waals surface area contributed by atoms with E-state index in [0.717, 1.165) is 35.4 Å². The van der Waals surface area contributed by atoms with Crippen LogP contribution < -0.4 is 10.1 Å². The minimum Gasteiger partial charge on any atom is -0.496 e. The van der Waals surface area contributed by atoms with Crippen molar-refractivity contribution in [2.24, 2.45) is 5.41 Å². The molecule has 1 aromatic carbocycles. The smallest absolute Gasteiger partial charge is 0.311 e. The molecule has 0 atom stereocenters. The van der Waals surface area contributed by atoms with Crippen LogP contribution in [0.2, 0.25) is 0 Å². The van der Waals surface area contributed by atoms with Crippen molar-refractivity contribution in [2.75, 3.05) is 19.0 Å². The van der Waals surface area contributed by atoms with E-state index in [9.17, 15) is 4.79 Å². The maximum atomic E-state index is 11.1. The number of methoxy groups -OCH3 is 1. The molecule has 0 heterocycles. The van der Waals surface area contributed by atoms with Gasteiger partial charge in [0.25, 0.3) is 0 Å². The summed E-state index contributed by atoms with van der Waals surface area (Å²) in [6.45, 7) is 4.47. The Hall–Kier alpha value is -1.71. The van der Waals surface area contributed by atoms with Crippen LogP contribution in [-0.4, -0.2) is 24.7 Å². The highest BCUT2D eigenvalue weighted by Gasteiger charge is 2.50. The van der Waals surface area contributed by atoms with Crippen molar-refractivity contribution in [3.8, 4) is 5.75 Å². The molecule has 18 heavy (non-hydrogen) atoms. The van der Waals surface area contributed by atoms with Crippen LogP contribution in [0.3, 0.4) is 0 Å². The molecule has 1 saturated carbocycles. The van der Waals surface area contributed by atoms with E-state index in [1.165, 1.54) is 0 Å². The number of aliphatic carboxylic acids is 1. The van der Waals surface area contributed by atoms with E-state index in [1.807, 2.05) is 26.0 Å². The highest BCUT2D eigenvalue weighted by molar-refractivity contribution is 5.78. The number of nitrogens with one attached hydrogen (secondary N) is 1. The lowest BCUT2D eigenvalue weighted by atomic mass is 10.1. The Balaban J connectivity index is 2.11. The maximum Gasteiger partial charge on any atom is 0.311 e. The van der Waals surface area contributed by atoms with Crippen molar-refractivity contribution in [3.05, 3.63) is 23.3 Å². The molecule has 1 aliphatic carbocycles. The van der Waals surface area contributed by atoms with Crippen LogP contribution in [-0.2, 0) is 4.79 Å². The third kappa shape index (κ3) is 2.28. The van der Waals surface area contributed by atoms with Gasteiger partial charge in [-0.05, 0) is 49.9 Å². The first kappa shape index (κ1) is 12.7. The number of aryl methyl sites for hydroxylation is 2. The first-order valence-electron chi connectivity index (χ1n) is 6.11. The number of carbonyl (C=O) groups is 1. The van der Waals surface area contributed by atoms with Gasteiger partial charge in [0.2, 0.25) is 0 Å². The summed E-state index contributed by atoms with van der Waals surface area (Å²) in [5.74, 6) is 0.162. The van der Waals surface area contributed by atoms with E-state index in [2.05, 4.69) is 5.32 Å². The number of carboxylic acid groups (broad SMARTS) is 1. The van der Waals surface area contributed by atoms with Gasteiger partial charge in [0.05, 0.1) is 12.5 Å². The van der Waals surface area contributed by atoms with Crippen molar-refractivity contribution >= 4 is 11.7 Å². The second kappa shape index (κ2) is 4.52. The van der Waals surface area contributed by atoms with Gasteiger partial charge >= 0.3 is 5.97 Å². The lowest BCUT2D eigenvalue weighted by Gasteiger charge is -2.16. The summed E-state index contributed by atoms with van der Waals surface area (Å²) in [7, 11) is 1.65. The predicted molar refractivity (Wildman–Crippen MR) is 70.3 cm³/mol. The SMILES string of the molecule is COc1cc(C)c(NCC2(C(=O)O)CC2)cc1C. The third-order valence-corrected chi connectivity index (χ3v) is 3.67. The molecule has 2 rings (SSSR count). The summed E-state index contributed by atoms with van der Waals surface area (Å²) in [6.07, 6.45) is 1.53. The summed E-state index contributed by atoms with van der Waals surface area (Å²) < 4.78 is 5.25. The standard InChI is InChI=1S/C14H19NO3/c1-9-7-12(18-3)10(2)6-11(9)15-8-14(4-5-14)13(16)17/h6-7,15H,4-5,8H2,1-3H3,(H,16,17). The first-order chi connectivity index (χ1) is 8.48. The molecule has 0 aromatic heterocycles. The van der Waals surface area contributed by atoms with Crippen LogP contribution in [0.4, 0.5) is 5.69 Å². The lowest BCUT2D eigenvalue weighted by Crippen LogP contribution is -2.24. The summed E-state index contributed by atoms with van der Waals surface area (Å²) >= 11 is 0. The van der Waals surface area contributed by atoms with E-state index in [1.54, 1.807) is 7.11 Å². The Morgan fingerprint density at radius 2 is 2.06 bits per heavy atom. The number of hydrogen-bond donors (Lipinski definition) is 2. The molecule has 4 nitrogen and oxygen atoms in total. The zero-order chi connectivity index (χ0) is 13.3. The fourth-order valence-electron chi connectivity index (χ4n) is 2.08. The number of anilines is 1. The number of hydrogen-bond acceptors (Lipinski definition) is 3. The fraction of sp³-hybridized carbons (Fsp3) is 0.500. The Kier molecular flexibility index (Phi) is 3.20. The maximum absolute atomic E-state index is 11.1. The first-order valence-corrected chi connectivity index (χ1v) is 6.11. The summed E-state index contributed by atoms with van der Waals surface area (Å²) in [5, 5.41) is 12.4. The second-order valence-corrected chi connectivity index (χ2v) is 5.08. The molecule has 98 valence electrons. The van der Waals surface area contributed by atoms with Crippen molar-refractivity contribution in [1.29, 1.82) is 0 Å². The zero-order valence-electron chi connectivity index (χ0n) is 11.0. The topological polar surface area (TPSA) is 58.6 Å². The molecule has 0 bridgehead atoms. The summed E-state index contributed by atoms with van der Waals surface area (Å²) in [4.78, 5) is 11.1. The van der Waals surface area contributed by atoms with Gasteiger partial charge in [-0.15, -0.1) is 0 Å². The van der Waals surface area contributed by atoms with Crippen LogP contribution in [0.15, 0.2) is 12.1 Å². The average molecular weight is 249 g/mol. The molecule has 0 unspecified atom stereocenters. The monoisotopic (exact) mass is 249 g/mol. The molecular formula is C14H19NO3. The zero-order valence-corrected chi connectivity index (χ0v) is 11.0. The number of ether oxygens (including phenoxy) is 1. The third-order valence-electron chi connectivity index (χ3n) is 3.67. The van der Waals surface area contributed by atoms with Crippen LogP contribution in [0.25, 0.3) is 0 Å². The van der Waals surface area contributed by atoms with Crippen molar-refractivity contribution in [1.82, 2.24) is 0 Å². The van der Waals surface area contributed by atoms with Gasteiger partial charge in [0.1, 0.15) is 5.75 Å². The Labute approximate surface area is 107 Å². The van der Waals surface area contributed by atoms with E-state index in [0.29, 0.717) is 6.54 Å². The molecule has 2 N–H and O–H groups in total. The van der Waals surface area contributed by atoms with Crippen LogP contribution in [0.1, 0.15) is 24.0 Å². The van der Waals surface area contributed by atoms with Gasteiger partial charge in [0.15, 0.2) is 0 Å². The van der Waals surface area contributed by atoms with E-state index >= 15 is 0 Å². The fourth-order valence-corrected chi connectivity index (χ4v) is 2.08. The van der Waals surface area contributed by atoms with Gasteiger partial charge in [-0.3, -0.25) is 4.79 Å². The van der Waals surface area contributed by atoms with Gasteiger partial charge < -0.3 is 15.2 Å². The van der Waals surface area contributed by atoms with Gasteiger partial charge in [-0.2, -0.15) is 0 Å². The quantitative estimate of drug-likeness (QED) is 0.842. The molecule has 0 amide bonds. The largest absolute Gasteiger partial charge is 0.496 e. The summed E-state index contributed by atoms with van der Waals surface area (Å²) in [6, 6.07) is 3.98. The molecule has 0 saturated heterocycles. The molecule has 1 fully saturated rings. The van der Waals surface area contributed by atoms with E-state index < -0.39 is 11.4 Å². The number of benzene rings is 1. The van der Waals surface area contributed by atoms with Crippen molar-refractivity contribution in [2.45, 2.75) is 26.7 Å². The molecule has 0 radical (unpaired) electrons. The highest BCUT2D eigenvalue weighted by atomic mass is 16.5. The van der Waals surface area contributed by atoms with Crippen LogP contribution >= 0.6 is 0 Å². The van der Waals surface area contributed by atoms with Crippen molar-refractivity contribution < 1.29 is 14.6 Å². The van der Waals surface area contributed by atoms with E-state index in [-0.39, 0.29) is 0 Å². The Morgan fingerprint density at radius 3 is 2.56 bits per heavy atom. The van der Waals surface area contributed by atoms with Crippen LogP contribution in [0.5, 0.6) is 5.75 Å². The number of carboxylic acids is 1. The molecule has 0 spiro atoms. The molecule has 1 aliphatic rings. The van der Waals surface area contributed by atoms with Crippen molar-refractivity contribution in [3.63, 3.8) is 0 Å². The molecular weight excluding hydrogens is 230 g/mol. The second-order valence-electron chi connectivity index (χ2n) is 5.08. The van der Waals surface area contributed by atoms with Gasteiger partial charge in [-0.1, -0.05) is 0 Å². The number of rotatable bonds is 5. The summed E-state index contributed by atoms with van der Waals surface area (Å²) in [5.41, 5.74) is 2.56. The molecule has 1 aromatic rings. The van der Waals surface area contributed by atoms with Crippen LogP contribution in [0, 0.1) is 19.3 Å². The lowest BCUT2D eigenvalue weighted by molar-refractivity contribution is -0.142. The molecule has 4 heteroatoms. The van der Waals surface area contributed by atoms with Gasteiger partial charge in [0, 0.05) is 12.2 Å². The highest BCUT2D eigenvalue weighted by Crippen LogP contribution is 2.46. The predicted octanol–water partition coefficient (Wildman–Crippen LogP) is 2.59. The molecule has 0 aliphatic heterocycles. The Bertz CT molecular complexity index is 478. The van der Waals surface area contributed by atoms with E-state index in [4.69, 9.17) is 9.84 Å². The van der Waals surface area contributed by atoms with Gasteiger partial charge in [-0.25, -0.2) is 0 Å². The minimum atomic E-state index is -0.696. The Morgan fingerprint density at radius 1 is 1.39 bits per heavy atom. The normalized spacial score (nSPS) is 16.2.